The largest absolute Gasteiger partial charge is 0.305 e. The Kier molecular flexibility index (Phi) is 4.58. The lowest BCUT2D eigenvalue weighted by Gasteiger charge is -2.31. The molecule has 1 aliphatic rings. The Balaban J connectivity index is 2.11. The minimum atomic E-state index is 0.572. The SMILES string of the molecule is CCCN1CCC(NOC)CC1. The first kappa shape index (κ1) is 9.96. The maximum atomic E-state index is 4.91. The van der Waals surface area contributed by atoms with Crippen LogP contribution in [0.5, 0.6) is 0 Å². The number of nitrogens with one attached hydrogen (secondary N) is 1. The fourth-order valence-corrected chi connectivity index (χ4v) is 1.76. The van der Waals surface area contributed by atoms with E-state index >= 15 is 0 Å². The lowest BCUT2D eigenvalue weighted by molar-refractivity contribution is 0.0363. The molecule has 1 rings (SSSR count). The second-order valence-electron chi connectivity index (χ2n) is 3.44. The van der Waals surface area contributed by atoms with E-state index in [0.717, 1.165) is 0 Å². The molecule has 1 heterocycles. The fourth-order valence-electron chi connectivity index (χ4n) is 1.76. The quantitative estimate of drug-likeness (QED) is 0.641. The molecule has 0 aliphatic carbocycles. The lowest BCUT2D eigenvalue weighted by Crippen LogP contribution is -2.42. The maximum Gasteiger partial charge on any atom is 0.0572 e. The van der Waals surface area contributed by atoms with Gasteiger partial charge in [-0.25, -0.2) is 0 Å². The van der Waals surface area contributed by atoms with Crippen molar-refractivity contribution in [2.75, 3.05) is 26.7 Å². The van der Waals surface area contributed by atoms with Crippen molar-refractivity contribution in [3.05, 3.63) is 0 Å². The van der Waals surface area contributed by atoms with Gasteiger partial charge in [-0.1, -0.05) is 6.92 Å². The summed E-state index contributed by atoms with van der Waals surface area (Å²) in [6.45, 7) is 5.92. The lowest BCUT2D eigenvalue weighted by atomic mass is 10.1. The molecular formula is C9H20N2O. The summed E-state index contributed by atoms with van der Waals surface area (Å²) in [7, 11) is 1.69. The average Bonchev–Trinajstić information content (AvgIpc) is 2.09. The summed E-state index contributed by atoms with van der Waals surface area (Å²) in [4.78, 5) is 7.43. The Morgan fingerprint density at radius 1 is 1.42 bits per heavy atom. The second-order valence-corrected chi connectivity index (χ2v) is 3.44. The van der Waals surface area contributed by atoms with Crippen LogP contribution in [0.2, 0.25) is 0 Å². The van der Waals surface area contributed by atoms with E-state index in [1.54, 1.807) is 7.11 Å². The van der Waals surface area contributed by atoms with Crippen LogP contribution in [0.25, 0.3) is 0 Å². The van der Waals surface area contributed by atoms with Gasteiger partial charge in [0.1, 0.15) is 0 Å². The van der Waals surface area contributed by atoms with E-state index in [1.807, 2.05) is 0 Å². The van der Waals surface area contributed by atoms with Crippen molar-refractivity contribution in [3.8, 4) is 0 Å². The molecule has 0 amide bonds. The van der Waals surface area contributed by atoms with Gasteiger partial charge in [-0.2, -0.15) is 5.48 Å². The second kappa shape index (κ2) is 5.51. The smallest absolute Gasteiger partial charge is 0.0572 e. The summed E-state index contributed by atoms with van der Waals surface area (Å²) in [5.41, 5.74) is 3.02. The zero-order chi connectivity index (χ0) is 8.81. The van der Waals surface area contributed by atoms with Crippen LogP contribution in [-0.4, -0.2) is 37.7 Å². The summed E-state index contributed by atoms with van der Waals surface area (Å²) in [6.07, 6.45) is 3.70. The molecule has 0 bridgehead atoms. The van der Waals surface area contributed by atoms with E-state index in [2.05, 4.69) is 17.3 Å². The van der Waals surface area contributed by atoms with E-state index in [1.165, 1.54) is 38.9 Å². The molecule has 3 heteroatoms. The molecular weight excluding hydrogens is 152 g/mol. The molecule has 1 aliphatic heterocycles. The standard InChI is InChI=1S/C9H20N2O/c1-3-6-11-7-4-9(5-8-11)10-12-2/h9-10H,3-8H2,1-2H3. The van der Waals surface area contributed by atoms with Gasteiger partial charge in [-0.05, 0) is 38.9 Å². The molecule has 3 nitrogen and oxygen atoms in total. The third kappa shape index (κ3) is 3.09. The number of piperidine rings is 1. The Morgan fingerprint density at radius 3 is 2.58 bits per heavy atom. The molecule has 12 heavy (non-hydrogen) atoms. The Bertz CT molecular complexity index is 97.1. The first-order valence-corrected chi connectivity index (χ1v) is 4.87. The number of hydrogen-bond acceptors (Lipinski definition) is 3. The van der Waals surface area contributed by atoms with Gasteiger partial charge in [-0.3, -0.25) is 0 Å². The molecule has 0 aromatic heterocycles. The molecule has 0 saturated carbocycles. The van der Waals surface area contributed by atoms with E-state index < -0.39 is 0 Å². The minimum absolute atomic E-state index is 0.572. The van der Waals surface area contributed by atoms with Crippen LogP contribution in [-0.2, 0) is 4.84 Å². The van der Waals surface area contributed by atoms with Crippen molar-refractivity contribution >= 4 is 0 Å². The van der Waals surface area contributed by atoms with Crippen LogP contribution < -0.4 is 5.48 Å². The summed E-state index contributed by atoms with van der Waals surface area (Å²) < 4.78 is 0. The highest BCUT2D eigenvalue weighted by atomic mass is 16.6. The highest BCUT2D eigenvalue weighted by Gasteiger charge is 2.17. The number of hydrogen-bond donors (Lipinski definition) is 1. The van der Waals surface area contributed by atoms with E-state index in [0.29, 0.717) is 6.04 Å². The Hall–Kier alpha value is -0.120. The van der Waals surface area contributed by atoms with E-state index in [-0.39, 0.29) is 0 Å². The van der Waals surface area contributed by atoms with Crippen LogP contribution in [0.1, 0.15) is 26.2 Å². The topological polar surface area (TPSA) is 24.5 Å². The third-order valence-corrected chi connectivity index (χ3v) is 2.41. The highest BCUT2D eigenvalue weighted by molar-refractivity contribution is 4.74. The van der Waals surface area contributed by atoms with Gasteiger partial charge < -0.3 is 9.74 Å². The van der Waals surface area contributed by atoms with Crippen LogP contribution in [0.15, 0.2) is 0 Å². The van der Waals surface area contributed by atoms with Crippen LogP contribution in [0.4, 0.5) is 0 Å². The number of rotatable bonds is 4. The van der Waals surface area contributed by atoms with E-state index in [4.69, 9.17) is 4.84 Å². The van der Waals surface area contributed by atoms with Gasteiger partial charge in [0, 0.05) is 6.04 Å². The average molecular weight is 172 g/mol. The van der Waals surface area contributed by atoms with Gasteiger partial charge in [0.2, 0.25) is 0 Å². The number of nitrogens with zero attached hydrogens (tertiary/aromatic N) is 1. The normalized spacial score (nSPS) is 21.5. The first-order valence-electron chi connectivity index (χ1n) is 4.87. The zero-order valence-corrected chi connectivity index (χ0v) is 8.18. The third-order valence-electron chi connectivity index (χ3n) is 2.41. The zero-order valence-electron chi connectivity index (χ0n) is 8.18. The van der Waals surface area contributed by atoms with Crippen molar-refractivity contribution < 1.29 is 4.84 Å². The molecule has 72 valence electrons. The van der Waals surface area contributed by atoms with Crippen molar-refractivity contribution in [2.24, 2.45) is 0 Å². The van der Waals surface area contributed by atoms with Gasteiger partial charge in [0.25, 0.3) is 0 Å². The van der Waals surface area contributed by atoms with Crippen molar-refractivity contribution in [2.45, 2.75) is 32.2 Å². The maximum absolute atomic E-state index is 4.91. The van der Waals surface area contributed by atoms with Gasteiger partial charge >= 0.3 is 0 Å². The van der Waals surface area contributed by atoms with Crippen LogP contribution in [0.3, 0.4) is 0 Å². The molecule has 1 N–H and O–H groups in total. The predicted molar refractivity (Wildman–Crippen MR) is 49.9 cm³/mol. The number of likely N-dealkylation sites (tertiary alicyclic amines) is 1. The van der Waals surface area contributed by atoms with Gasteiger partial charge in [0.15, 0.2) is 0 Å². The van der Waals surface area contributed by atoms with Crippen LogP contribution >= 0.6 is 0 Å². The molecule has 1 fully saturated rings. The minimum Gasteiger partial charge on any atom is -0.305 e. The summed E-state index contributed by atoms with van der Waals surface area (Å²) >= 11 is 0. The van der Waals surface area contributed by atoms with E-state index in [9.17, 15) is 0 Å². The molecule has 0 radical (unpaired) electrons. The summed E-state index contributed by atoms with van der Waals surface area (Å²) in [5, 5.41) is 0. The highest BCUT2D eigenvalue weighted by Crippen LogP contribution is 2.09. The summed E-state index contributed by atoms with van der Waals surface area (Å²) in [6, 6.07) is 0.572. The Labute approximate surface area is 75.0 Å². The molecule has 0 spiro atoms. The summed E-state index contributed by atoms with van der Waals surface area (Å²) in [5.74, 6) is 0. The predicted octanol–water partition coefficient (Wildman–Crippen LogP) is 1.01. The fraction of sp³-hybridized carbons (Fsp3) is 1.00. The molecule has 0 aromatic carbocycles. The van der Waals surface area contributed by atoms with Crippen molar-refractivity contribution in [1.82, 2.24) is 10.4 Å². The first-order chi connectivity index (χ1) is 5.86. The van der Waals surface area contributed by atoms with Gasteiger partial charge in [0.05, 0.1) is 7.11 Å². The molecule has 0 aromatic rings. The van der Waals surface area contributed by atoms with Crippen molar-refractivity contribution in [1.29, 1.82) is 0 Å². The van der Waals surface area contributed by atoms with Gasteiger partial charge in [-0.15, -0.1) is 0 Å². The monoisotopic (exact) mass is 172 g/mol. The molecule has 1 saturated heterocycles. The van der Waals surface area contributed by atoms with Crippen LogP contribution in [0, 0.1) is 0 Å². The number of hydroxylamine groups is 1. The molecule has 0 unspecified atom stereocenters. The Morgan fingerprint density at radius 2 is 2.08 bits per heavy atom. The van der Waals surface area contributed by atoms with Crippen molar-refractivity contribution in [3.63, 3.8) is 0 Å². The molecule has 0 atom stereocenters.